The van der Waals surface area contributed by atoms with Crippen molar-refractivity contribution in [1.82, 2.24) is 15.3 Å². The number of H-pyrrole nitrogens is 1. The zero-order chi connectivity index (χ0) is 17.4. The highest BCUT2D eigenvalue weighted by Crippen LogP contribution is 2.34. The summed E-state index contributed by atoms with van der Waals surface area (Å²) in [4.78, 5) is 20.2. The fraction of sp³-hybridized carbons (Fsp3) is 0.300. The van der Waals surface area contributed by atoms with Gasteiger partial charge in [0.05, 0.1) is 0 Å². The van der Waals surface area contributed by atoms with Gasteiger partial charge in [-0.3, -0.25) is 9.78 Å². The lowest BCUT2D eigenvalue weighted by atomic mass is 9.88. The summed E-state index contributed by atoms with van der Waals surface area (Å²) >= 11 is 0. The first-order valence-corrected chi connectivity index (χ1v) is 8.75. The van der Waals surface area contributed by atoms with Crippen molar-refractivity contribution >= 4 is 16.7 Å². The van der Waals surface area contributed by atoms with Crippen LogP contribution in [0.5, 0.6) is 0 Å². The molecule has 0 fully saturated rings. The number of benzene rings is 1. The first kappa shape index (κ1) is 16.0. The Kier molecular flexibility index (Phi) is 4.11. The molecular formula is C20H22N4O. The Labute approximate surface area is 146 Å². The van der Waals surface area contributed by atoms with Crippen LogP contribution in [0.1, 0.15) is 46.6 Å². The molecule has 0 saturated carbocycles. The fourth-order valence-corrected chi connectivity index (χ4v) is 3.81. The Hall–Kier alpha value is -2.50. The lowest BCUT2D eigenvalue weighted by Gasteiger charge is -2.27. The molecule has 0 aliphatic heterocycles. The lowest BCUT2D eigenvalue weighted by Crippen LogP contribution is -2.37. The molecule has 5 nitrogen and oxygen atoms in total. The van der Waals surface area contributed by atoms with Crippen LogP contribution in [0, 0.1) is 0 Å². The maximum Gasteiger partial charge on any atom is 0.193 e. The first-order chi connectivity index (χ1) is 12.2. The van der Waals surface area contributed by atoms with Crippen LogP contribution >= 0.6 is 0 Å². The number of hydrogen-bond acceptors (Lipinski definition) is 4. The molecule has 2 unspecified atom stereocenters. The molecule has 4 N–H and O–H groups in total. The summed E-state index contributed by atoms with van der Waals surface area (Å²) in [5.74, 6) is 0.0163. The molecule has 0 spiro atoms. The van der Waals surface area contributed by atoms with Crippen LogP contribution in [0.15, 0.2) is 42.7 Å². The van der Waals surface area contributed by atoms with E-state index in [4.69, 9.17) is 5.73 Å². The molecule has 4 rings (SSSR count). The van der Waals surface area contributed by atoms with Gasteiger partial charge < -0.3 is 16.0 Å². The van der Waals surface area contributed by atoms with Crippen molar-refractivity contribution in [2.24, 2.45) is 5.73 Å². The fourth-order valence-electron chi connectivity index (χ4n) is 3.81. The van der Waals surface area contributed by atoms with E-state index in [2.05, 4.69) is 22.2 Å². The minimum absolute atomic E-state index is 0.000417. The Morgan fingerprint density at radius 3 is 2.84 bits per heavy atom. The van der Waals surface area contributed by atoms with Crippen LogP contribution in [0.3, 0.4) is 0 Å². The van der Waals surface area contributed by atoms with Crippen LogP contribution in [0.4, 0.5) is 0 Å². The third-order valence-corrected chi connectivity index (χ3v) is 5.00. The van der Waals surface area contributed by atoms with Gasteiger partial charge in [-0.25, -0.2) is 0 Å². The number of carbonyl (C=O) groups is 1. The van der Waals surface area contributed by atoms with Gasteiger partial charge >= 0.3 is 0 Å². The number of aromatic amines is 1. The molecule has 2 heterocycles. The summed E-state index contributed by atoms with van der Waals surface area (Å²) < 4.78 is 0. The van der Waals surface area contributed by atoms with E-state index in [1.165, 1.54) is 5.56 Å². The number of pyridine rings is 1. The molecule has 2 aromatic heterocycles. The largest absolute Gasteiger partial charge is 0.357 e. The van der Waals surface area contributed by atoms with E-state index in [9.17, 15) is 4.79 Å². The predicted octanol–water partition coefficient (Wildman–Crippen LogP) is 2.72. The van der Waals surface area contributed by atoms with Gasteiger partial charge in [0.15, 0.2) is 5.78 Å². The SMILES string of the molecule is CCNC1Cc2c([nH]c3ccc(C(=O)c4ccncc4)cc23)C(N)C1. The lowest BCUT2D eigenvalue weighted by molar-refractivity contribution is 0.103. The molecule has 1 aliphatic carbocycles. The minimum atomic E-state index is -0.000417. The number of nitrogens with two attached hydrogens (primary N) is 1. The number of ketones is 1. The average Bonchev–Trinajstić information content (AvgIpc) is 3.01. The zero-order valence-corrected chi connectivity index (χ0v) is 14.3. The van der Waals surface area contributed by atoms with Gasteiger partial charge in [0.1, 0.15) is 0 Å². The van der Waals surface area contributed by atoms with E-state index in [1.807, 2.05) is 18.2 Å². The van der Waals surface area contributed by atoms with E-state index < -0.39 is 0 Å². The van der Waals surface area contributed by atoms with Crippen LogP contribution < -0.4 is 11.1 Å². The zero-order valence-electron chi connectivity index (χ0n) is 14.3. The summed E-state index contributed by atoms with van der Waals surface area (Å²) in [5.41, 5.74) is 11.1. The summed E-state index contributed by atoms with van der Waals surface area (Å²) in [5, 5.41) is 4.61. The second-order valence-electron chi connectivity index (χ2n) is 6.64. The Balaban J connectivity index is 1.76. The van der Waals surface area contributed by atoms with Crippen molar-refractivity contribution in [3.05, 3.63) is 65.1 Å². The van der Waals surface area contributed by atoms with Crippen molar-refractivity contribution in [3.63, 3.8) is 0 Å². The van der Waals surface area contributed by atoms with Gasteiger partial charge in [0, 0.05) is 52.2 Å². The van der Waals surface area contributed by atoms with Gasteiger partial charge in [-0.15, -0.1) is 0 Å². The highest BCUT2D eigenvalue weighted by molar-refractivity contribution is 6.10. The average molecular weight is 334 g/mol. The van der Waals surface area contributed by atoms with Gasteiger partial charge in [-0.1, -0.05) is 6.92 Å². The second kappa shape index (κ2) is 6.43. The number of likely N-dealkylation sites (N-methyl/N-ethyl adjacent to an activating group) is 1. The van der Waals surface area contributed by atoms with Gasteiger partial charge in [0.25, 0.3) is 0 Å². The highest BCUT2D eigenvalue weighted by atomic mass is 16.1. The molecule has 1 aromatic carbocycles. The number of aromatic nitrogens is 2. The third-order valence-electron chi connectivity index (χ3n) is 5.00. The molecule has 0 radical (unpaired) electrons. The second-order valence-corrected chi connectivity index (χ2v) is 6.64. The normalized spacial score (nSPS) is 19.8. The van der Waals surface area contributed by atoms with Crippen LogP contribution in [-0.2, 0) is 6.42 Å². The molecule has 0 saturated heterocycles. The van der Waals surface area contributed by atoms with Gasteiger partial charge in [0.2, 0.25) is 0 Å². The van der Waals surface area contributed by atoms with Crippen molar-refractivity contribution in [2.75, 3.05) is 6.54 Å². The monoisotopic (exact) mass is 334 g/mol. The number of fused-ring (bicyclic) bond motifs is 3. The van der Waals surface area contributed by atoms with E-state index in [1.54, 1.807) is 24.5 Å². The molecular weight excluding hydrogens is 312 g/mol. The number of rotatable bonds is 4. The number of carbonyl (C=O) groups excluding carboxylic acids is 1. The standard InChI is InChI=1S/C20H22N4O/c1-2-23-14-10-16-15-9-13(20(25)12-5-7-22-8-6-12)3-4-18(15)24-19(16)17(21)11-14/h3-9,14,17,23-24H,2,10-11,21H2,1H3. The van der Waals surface area contributed by atoms with E-state index >= 15 is 0 Å². The van der Waals surface area contributed by atoms with Crippen molar-refractivity contribution in [2.45, 2.75) is 31.8 Å². The number of nitrogens with zero attached hydrogens (tertiary/aromatic N) is 1. The summed E-state index contributed by atoms with van der Waals surface area (Å²) in [6.07, 6.45) is 5.15. The van der Waals surface area contributed by atoms with Crippen molar-refractivity contribution < 1.29 is 4.79 Å². The minimum Gasteiger partial charge on any atom is -0.357 e. The van der Waals surface area contributed by atoms with Crippen LogP contribution in [-0.4, -0.2) is 28.3 Å². The Morgan fingerprint density at radius 1 is 1.28 bits per heavy atom. The molecule has 0 amide bonds. The summed E-state index contributed by atoms with van der Waals surface area (Å²) in [6, 6.07) is 9.73. The van der Waals surface area contributed by atoms with Crippen LogP contribution in [0.2, 0.25) is 0 Å². The van der Waals surface area contributed by atoms with Crippen LogP contribution in [0.25, 0.3) is 10.9 Å². The van der Waals surface area contributed by atoms with E-state index in [-0.39, 0.29) is 11.8 Å². The number of nitrogens with one attached hydrogen (secondary N) is 2. The quantitative estimate of drug-likeness (QED) is 0.641. The van der Waals surface area contributed by atoms with E-state index in [0.29, 0.717) is 17.2 Å². The predicted molar refractivity (Wildman–Crippen MR) is 98.7 cm³/mol. The Morgan fingerprint density at radius 2 is 2.08 bits per heavy atom. The van der Waals surface area contributed by atoms with Gasteiger partial charge in [-0.2, -0.15) is 0 Å². The maximum atomic E-state index is 12.7. The maximum absolute atomic E-state index is 12.7. The third kappa shape index (κ3) is 2.86. The van der Waals surface area contributed by atoms with Crippen molar-refractivity contribution in [3.8, 4) is 0 Å². The van der Waals surface area contributed by atoms with E-state index in [0.717, 1.165) is 36.0 Å². The Bertz CT molecular complexity index is 916. The number of hydrogen-bond donors (Lipinski definition) is 3. The summed E-state index contributed by atoms with van der Waals surface area (Å²) in [7, 11) is 0. The van der Waals surface area contributed by atoms with Gasteiger partial charge in [-0.05, 0) is 55.3 Å². The topological polar surface area (TPSA) is 83.8 Å². The molecule has 5 heteroatoms. The molecule has 3 aromatic rings. The highest BCUT2D eigenvalue weighted by Gasteiger charge is 2.27. The smallest absolute Gasteiger partial charge is 0.193 e. The molecule has 0 bridgehead atoms. The molecule has 2 atom stereocenters. The summed E-state index contributed by atoms with van der Waals surface area (Å²) in [6.45, 7) is 3.04. The van der Waals surface area contributed by atoms with Crippen molar-refractivity contribution in [1.29, 1.82) is 0 Å². The molecule has 25 heavy (non-hydrogen) atoms. The molecule has 1 aliphatic rings. The first-order valence-electron chi connectivity index (χ1n) is 8.75. The molecule has 128 valence electrons.